The number of halogens is 1. The van der Waals surface area contributed by atoms with Crippen LogP contribution in [0.4, 0.5) is 5.69 Å². The number of carbonyl (C=O) groups excluding carboxylic acids is 1. The second-order valence-electron chi connectivity index (χ2n) is 3.15. The molecule has 0 unspecified atom stereocenters. The summed E-state index contributed by atoms with van der Waals surface area (Å²) in [6.45, 7) is 1.09. The number of carbonyl (C=O) groups is 1. The van der Waals surface area contributed by atoms with Gasteiger partial charge in [-0.05, 0) is 28.9 Å². The molecule has 1 heterocycles. The molecule has 0 fully saturated rings. The Morgan fingerprint density at radius 3 is 2.72 bits per heavy atom. The molecule has 0 aliphatic rings. The minimum Gasteiger partial charge on any atom is -0.465 e. The minimum atomic E-state index is -4.58. The lowest BCUT2D eigenvalue weighted by atomic mass is 10.4. The van der Waals surface area contributed by atoms with Crippen LogP contribution in [0.15, 0.2) is 22.9 Å². The molecule has 0 amide bonds. The Balaban J connectivity index is 3.04. The second-order valence-corrected chi connectivity index (χ2v) is 5.40. The zero-order valence-electron chi connectivity index (χ0n) is 9.41. The molecule has 1 aromatic rings. The molecule has 1 aromatic heterocycles. The first kappa shape index (κ1) is 14.9. The van der Waals surface area contributed by atoms with Gasteiger partial charge in [0, 0.05) is 10.7 Å². The first-order valence-electron chi connectivity index (χ1n) is 4.86. The van der Waals surface area contributed by atoms with Crippen molar-refractivity contribution in [3.05, 3.63) is 22.9 Å². The van der Waals surface area contributed by atoms with Gasteiger partial charge in [-0.1, -0.05) is 0 Å². The predicted octanol–water partition coefficient (Wildman–Crippen LogP) is 1.02. The Bertz CT molecular complexity index is 534. The molecule has 0 aliphatic heterocycles. The molecule has 7 nitrogen and oxygen atoms in total. The van der Waals surface area contributed by atoms with Crippen LogP contribution >= 0.6 is 15.9 Å². The van der Waals surface area contributed by atoms with E-state index in [2.05, 4.69) is 25.7 Å². The van der Waals surface area contributed by atoms with Crippen LogP contribution in [0.2, 0.25) is 0 Å². The van der Waals surface area contributed by atoms with E-state index in [1.165, 1.54) is 18.5 Å². The van der Waals surface area contributed by atoms with Crippen molar-refractivity contribution >= 4 is 37.9 Å². The predicted molar refractivity (Wildman–Crippen MR) is 67.5 cm³/mol. The van der Waals surface area contributed by atoms with E-state index in [1.807, 2.05) is 0 Å². The summed E-state index contributed by atoms with van der Waals surface area (Å²) in [6.07, 6.45) is 2.65. The Kier molecular flexibility index (Phi) is 5.05. The van der Waals surface area contributed by atoms with Crippen molar-refractivity contribution in [2.24, 2.45) is 0 Å². The maximum Gasteiger partial charge on any atom is 0.360 e. The average Bonchev–Trinajstić information content (AvgIpc) is 2.24. The summed E-state index contributed by atoms with van der Waals surface area (Å²) in [5.41, 5.74) is 0.0555. The summed E-state index contributed by atoms with van der Waals surface area (Å²) in [6, 6.07) is 1.40. The molecule has 0 atom stereocenters. The minimum absolute atomic E-state index is 0.0555. The van der Waals surface area contributed by atoms with Gasteiger partial charge in [0.25, 0.3) is 0 Å². The van der Waals surface area contributed by atoms with E-state index >= 15 is 0 Å². The third kappa shape index (κ3) is 4.24. The number of anilines is 1. The highest BCUT2D eigenvalue weighted by molar-refractivity contribution is 9.10. The van der Waals surface area contributed by atoms with Crippen molar-refractivity contribution in [2.75, 3.05) is 17.5 Å². The highest BCUT2D eigenvalue weighted by Crippen LogP contribution is 2.20. The smallest absolute Gasteiger partial charge is 0.360 e. The number of rotatable bonds is 5. The molecule has 18 heavy (non-hydrogen) atoms. The third-order valence-electron chi connectivity index (χ3n) is 1.83. The summed E-state index contributed by atoms with van der Waals surface area (Å²) < 4.78 is 37.2. The highest BCUT2D eigenvalue weighted by Gasteiger charge is 2.23. The van der Waals surface area contributed by atoms with Crippen molar-refractivity contribution in [3.8, 4) is 0 Å². The molecule has 1 N–H and O–H groups in total. The lowest BCUT2D eigenvalue weighted by Gasteiger charge is -2.19. The molecule has 0 bridgehead atoms. The SMILES string of the molecule is CCOC(=O)CN(c1cncc(Br)c1)S(=O)(=O)O. The normalized spacial score (nSPS) is 11.1. The summed E-state index contributed by atoms with van der Waals surface area (Å²) in [7, 11) is -4.58. The van der Waals surface area contributed by atoms with E-state index < -0.39 is 22.8 Å². The lowest BCUT2D eigenvalue weighted by Crippen LogP contribution is -2.36. The van der Waals surface area contributed by atoms with Crippen LogP contribution in [-0.2, 0) is 19.8 Å². The zero-order valence-corrected chi connectivity index (χ0v) is 11.8. The van der Waals surface area contributed by atoms with Crippen LogP contribution in [0.1, 0.15) is 6.92 Å². The molecule has 0 radical (unpaired) electrons. The molecular formula is C9H11BrN2O5S. The Morgan fingerprint density at radius 2 is 2.22 bits per heavy atom. The van der Waals surface area contributed by atoms with Crippen molar-refractivity contribution in [1.29, 1.82) is 0 Å². The molecule has 0 aromatic carbocycles. The van der Waals surface area contributed by atoms with E-state index in [1.54, 1.807) is 6.92 Å². The first-order valence-corrected chi connectivity index (χ1v) is 7.05. The fourth-order valence-corrected chi connectivity index (χ4v) is 2.15. The Hall–Kier alpha value is -1.19. The lowest BCUT2D eigenvalue weighted by molar-refractivity contribution is -0.141. The molecule has 0 saturated heterocycles. The molecule has 0 spiro atoms. The van der Waals surface area contributed by atoms with Gasteiger partial charge in [-0.3, -0.25) is 14.3 Å². The summed E-state index contributed by atoms with van der Waals surface area (Å²) in [4.78, 5) is 15.0. The molecule has 0 aliphatic carbocycles. The van der Waals surface area contributed by atoms with E-state index in [4.69, 9.17) is 4.55 Å². The van der Waals surface area contributed by atoms with E-state index in [-0.39, 0.29) is 12.3 Å². The topological polar surface area (TPSA) is 96.8 Å². The fourth-order valence-electron chi connectivity index (χ4n) is 1.17. The van der Waals surface area contributed by atoms with Crippen LogP contribution in [0, 0.1) is 0 Å². The van der Waals surface area contributed by atoms with Gasteiger partial charge in [0.05, 0.1) is 18.5 Å². The van der Waals surface area contributed by atoms with Gasteiger partial charge in [0.2, 0.25) is 0 Å². The van der Waals surface area contributed by atoms with Gasteiger partial charge < -0.3 is 4.74 Å². The number of aromatic nitrogens is 1. The quantitative estimate of drug-likeness (QED) is 0.635. The third-order valence-corrected chi connectivity index (χ3v) is 3.17. The van der Waals surface area contributed by atoms with Gasteiger partial charge in [-0.2, -0.15) is 8.42 Å². The van der Waals surface area contributed by atoms with Crippen molar-refractivity contribution in [2.45, 2.75) is 6.92 Å². The summed E-state index contributed by atoms with van der Waals surface area (Å²) in [5, 5.41) is 0. The van der Waals surface area contributed by atoms with Gasteiger partial charge >= 0.3 is 16.3 Å². The van der Waals surface area contributed by atoms with Crippen molar-refractivity contribution in [3.63, 3.8) is 0 Å². The molecule has 100 valence electrons. The Morgan fingerprint density at radius 1 is 1.56 bits per heavy atom. The number of pyridine rings is 1. The highest BCUT2D eigenvalue weighted by atomic mass is 79.9. The second kappa shape index (κ2) is 6.12. The average molecular weight is 339 g/mol. The maximum absolute atomic E-state index is 11.3. The van der Waals surface area contributed by atoms with Crippen LogP contribution in [0.5, 0.6) is 0 Å². The largest absolute Gasteiger partial charge is 0.465 e. The van der Waals surface area contributed by atoms with Crippen LogP contribution in [0.3, 0.4) is 0 Å². The zero-order chi connectivity index (χ0) is 13.8. The van der Waals surface area contributed by atoms with Crippen molar-refractivity contribution in [1.82, 2.24) is 4.98 Å². The standard InChI is InChI=1S/C9H11BrN2O5S/c1-2-17-9(13)6-12(18(14,15)16)8-3-7(10)4-11-5-8/h3-5H,2,6H2,1H3,(H,14,15,16). The van der Waals surface area contributed by atoms with E-state index in [9.17, 15) is 13.2 Å². The van der Waals surface area contributed by atoms with Crippen LogP contribution in [-0.4, -0.2) is 37.1 Å². The summed E-state index contributed by atoms with van der Waals surface area (Å²) >= 11 is 3.11. The number of nitrogens with zero attached hydrogens (tertiary/aromatic N) is 2. The Labute approximate surface area is 113 Å². The molecule has 0 saturated carbocycles. The number of hydrogen-bond acceptors (Lipinski definition) is 5. The van der Waals surface area contributed by atoms with Crippen LogP contribution in [0.25, 0.3) is 0 Å². The summed E-state index contributed by atoms with van der Waals surface area (Å²) in [5.74, 6) is -0.768. The molecular weight excluding hydrogens is 328 g/mol. The van der Waals surface area contributed by atoms with Crippen molar-refractivity contribution < 1.29 is 22.5 Å². The fraction of sp³-hybridized carbons (Fsp3) is 0.333. The van der Waals surface area contributed by atoms with E-state index in [0.29, 0.717) is 8.78 Å². The van der Waals surface area contributed by atoms with Gasteiger partial charge in [0.15, 0.2) is 0 Å². The molecule has 9 heteroatoms. The van der Waals surface area contributed by atoms with Gasteiger partial charge in [0.1, 0.15) is 6.54 Å². The number of ether oxygens (including phenoxy) is 1. The number of esters is 1. The monoisotopic (exact) mass is 338 g/mol. The number of hydrogen-bond donors (Lipinski definition) is 1. The van der Waals surface area contributed by atoms with Gasteiger partial charge in [-0.25, -0.2) is 4.31 Å². The molecule has 1 rings (SSSR count). The van der Waals surface area contributed by atoms with Crippen LogP contribution < -0.4 is 4.31 Å². The maximum atomic E-state index is 11.3. The van der Waals surface area contributed by atoms with E-state index in [0.717, 1.165) is 0 Å². The van der Waals surface area contributed by atoms with Gasteiger partial charge in [-0.15, -0.1) is 0 Å². The first-order chi connectivity index (χ1) is 8.34.